The maximum absolute atomic E-state index is 13.8. The van der Waals surface area contributed by atoms with Crippen molar-refractivity contribution in [3.05, 3.63) is 66.8 Å². The highest BCUT2D eigenvalue weighted by Gasteiger charge is 2.14. The van der Waals surface area contributed by atoms with Crippen molar-refractivity contribution < 1.29 is 4.39 Å². The van der Waals surface area contributed by atoms with Crippen molar-refractivity contribution in [2.75, 3.05) is 0 Å². The third kappa shape index (κ3) is 4.11. The average Bonchev–Trinajstić information content (AvgIpc) is 2.38. The van der Waals surface area contributed by atoms with Crippen LogP contribution >= 0.6 is 47.8 Å². The molecule has 3 N–H and O–H groups in total. The van der Waals surface area contributed by atoms with Gasteiger partial charge in [-0.1, -0.05) is 47.8 Å². The van der Waals surface area contributed by atoms with Gasteiger partial charge in [0.15, 0.2) is 0 Å². The molecule has 0 aromatic heterocycles. The third-order valence-corrected chi connectivity index (χ3v) is 4.33. The molecule has 2 rings (SSSR count). The molecular weight excluding hydrogens is 455 g/mol. The predicted octanol–water partition coefficient (Wildman–Crippen LogP) is 4.86. The molecule has 2 nitrogen and oxygen atoms in total. The molecule has 1 atom stereocenters. The van der Waals surface area contributed by atoms with Crippen molar-refractivity contribution in [3.8, 4) is 0 Å². The second kappa shape index (κ2) is 7.13. The summed E-state index contributed by atoms with van der Waals surface area (Å²) < 4.78 is 16.6. The molecule has 0 aliphatic rings. The molecule has 20 heavy (non-hydrogen) atoms. The van der Waals surface area contributed by atoms with E-state index in [1.54, 1.807) is 12.1 Å². The fraction of sp³-hybridized carbons (Fsp3) is 0.143. The van der Waals surface area contributed by atoms with Gasteiger partial charge < -0.3 is 0 Å². The summed E-state index contributed by atoms with van der Waals surface area (Å²) in [5, 5.41) is 0. The van der Waals surface area contributed by atoms with Gasteiger partial charge in [-0.3, -0.25) is 11.3 Å². The third-order valence-electron chi connectivity index (χ3n) is 2.92. The molecule has 0 fully saturated rings. The van der Waals surface area contributed by atoms with Crippen LogP contribution in [0.4, 0.5) is 4.39 Å². The number of nitrogens with one attached hydrogen (secondary N) is 1. The van der Waals surface area contributed by atoms with Gasteiger partial charge in [0.25, 0.3) is 0 Å². The maximum atomic E-state index is 13.8. The fourth-order valence-electron chi connectivity index (χ4n) is 1.97. The minimum Gasteiger partial charge on any atom is -0.271 e. The molecular formula is C14H12Br3FN2. The summed E-state index contributed by atoms with van der Waals surface area (Å²) in [5.74, 6) is 5.39. The first-order chi connectivity index (χ1) is 9.49. The highest BCUT2D eigenvalue weighted by molar-refractivity contribution is 9.11. The Morgan fingerprint density at radius 3 is 2.25 bits per heavy atom. The van der Waals surface area contributed by atoms with Crippen LogP contribution in [-0.2, 0) is 6.42 Å². The molecule has 0 saturated heterocycles. The van der Waals surface area contributed by atoms with Crippen LogP contribution in [0, 0.1) is 5.82 Å². The number of benzene rings is 2. The lowest BCUT2D eigenvalue weighted by Crippen LogP contribution is -2.29. The van der Waals surface area contributed by atoms with Crippen LogP contribution in [-0.4, -0.2) is 0 Å². The number of halogens is 4. The number of rotatable bonds is 4. The molecule has 2 aromatic rings. The quantitative estimate of drug-likeness (QED) is 0.499. The highest BCUT2D eigenvalue weighted by Crippen LogP contribution is 2.27. The van der Waals surface area contributed by atoms with Crippen LogP contribution in [0.25, 0.3) is 0 Å². The second-order valence-corrected chi connectivity index (χ2v) is 7.11. The average molecular weight is 467 g/mol. The first kappa shape index (κ1) is 16.1. The largest absolute Gasteiger partial charge is 0.271 e. The Morgan fingerprint density at radius 2 is 1.65 bits per heavy atom. The SMILES string of the molecule is NNC(Cc1cc(Br)ccc1F)c1cc(Br)cc(Br)c1. The van der Waals surface area contributed by atoms with Crippen molar-refractivity contribution in [2.24, 2.45) is 5.84 Å². The summed E-state index contributed by atoms with van der Waals surface area (Å²) in [6.45, 7) is 0. The van der Waals surface area contributed by atoms with Crippen molar-refractivity contribution in [1.29, 1.82) is 0 Å². The van der Waals surface area contributed by atoms with Crippen molar-refractivity contribution >= 4 is 47.8 Å². The van der Waals surface area contributed by atoms with E-state index >= 15 is 0 Å². The minimum atomic E-state index is -0.234. The first-order valence-corrected chi connectivity index (χ1v) is 8.23. The van der Waals surface area contributed by atoms with Gasteiger partial charge in [-0.05, 0) is 53.9 Å². The fourth-order valence-corrected chi connectivity index (χ4v) is 3.71. The van der Waals surface area contributed by atoms with Gasteiger partial charge in [0.05, 0.1) is 6.04 Å². The van der Waals surface area contributed by atoms with Crippen LogP contribution in [0.5, 0.6) is 0 Å². The first-order valence-electron chi connectivity index (χ1n) is 5.85. The van der Waals surface area contributed by atoms with E-state index in [4.69, 9.17) is 5.84 Å². The monoisotopic (exact) mass is 464 g/mol. The molecule has 1 unspecified atom stereocenters. The van der Waals surface area contributed by atoms with Gasteiger partial charge in [-0.2, -0.15) is 0 Å². The smallest absolute Gasteiger partial charge is 0.126 e. The number of hydrazine groups is 1. The van der Waals surface area contributed by atoms with Crippen LogP contribution in [0.2, 0.25) is 0 Å². The number of hydrogen-bond donors (Lipinski definition) is 2. The summed E-state index contributed by atoms with van der Waals surface area (Å²) >= 11 is 10.2. The van der Waals surface area contributed by atoms with Gasteiger partial charge in [0.2, 0.25) is 0 Å². The Kier molecular flexibility index (Phi) is 5.74. The van der Waals surface area contributed by atoms with E-state index in [0.29, 0.717) is 12.0 Å². The summed E-state index contributed by atoms with van der Waals surface area (Å²) in [4.78, 5) is 0. The number of nitrogens with two attached hydrogens (primary N) is 1. The minimum absolute atomic E-state index is 0.174. The Balaban J connectivity index is 2.30. The second-order valence-electron chi connectivity index (χ2n) is 4.36. The van der Waals surface area contributed by atoms with E-state index in [-0.39, 0.29) is 11.9 Å². The molecule has 2 aromatic carbocycles. The lowest BCUT2D eigenvalue weighted by Gasteiger charge is -2.18. The van der Waals surface area contributed by atoms with Crippen LogP contribution in [0.3, 0.4) is 0 Å². The van der Waals surface area contributed by atoms with Gasteiger partial charge in [-0.25, -0.2) is 4.39 Å². The zero-order chi connectivity index (χ0) is 14.7. The van der Waals surface area contributed by atoms with Crippen LogP contribution in [0.15, 0.2) is 49.8 Å². The van der Waals surface area contributed by atoms with Crippen LogP contribution < -0.4 is 11.3 Å². The van der Waals surface area contributed by atoms with Gasteiger partial charge in [-0.15, -0.1) is 0 Å². The van der Waals surface area contributed by atoms with Crippen LogP contribution in [0.1, 0.15) is 17.2 Å². The van der Waals surface area contributed by atoms with E-state index in [9.17, 15) is 4.39 Å². The van der Waals surface area contributed by atoms with Crippen molar-refractivity contribution in [1.82, 2.24) is 5.43 Å². The molecule has 0 radical (unpaired) electrons. The lowest BCUT2D eigenvalue weighted by molar-refractivity contribution is 0.528. The molecule has 106 valence electrons. The Labute approximate surface area is 142 Å². The summed E-state index contributed by atoms with van der Waals surface area (Å²) in [7, 11) is 0. The molecule has 0 aliphatic carbocycles. The van der Waals surface area contributed by atoms with E-state index in [0.717, 1.165) is 19.0 Å². The lowest BCUT2D eigenvalue weighted by atomic mass is 9.99. The molecule has 0 aliphatic heterocycles. The zero-order valence-corrected chi connectivity index (χ0v) is 15.1. The maximum Gasteiger partial charge on any atom is 0.126 e. The molecule has 0 amide bonds. The Morgan fingerprint density at radius 1 is 1.00 bits per heavy atom. The Hall–Kier alpha value is -0.270. The topological polar surface area (TPSA) is 38.0 Å². The Bertz CT molecular complexity index is 599. The number of hydrogen-bond acceptors (Lipinski definition) is 2. The molecule has 0 bridgehead atoms. The summed E-state index contributed by atoms with van der Waals surface area (Å²) in [6.07, 6.45) is 0.463. The van der Waals surface area contributed by atoms with E-state index in [2.05, 4.69) is 53.2 Å². The molecule has 0 heterocycles. The van der Waals surface area contributed by atoms with E-state index < -0.39 is 0 Å². The van der Waals surface area contributed by atoms with Crippen molar-refractivity contribution in [3.63, 3.8) is 0 Å². The molecule has 0 spiro atoms. The van der Waals surface area contributed by atoms with Gasteiger partial charge in [0, 0.05) is 13.4 Å². The van der Waals surface area contributed by atoms with E-state index in [1.165, 1.54) is 6.07 Å². The standard InChI is InChI=1S/C14H12Br3FN2/c15-10-1-2-13(18)8(3-10)6-14(20-19)9-4-11(16)7-12(17)5-9/h1-5,7,14,20H,6,19H2. The molecule has 6 heteroatoms. The molecule has 0 saturated carbocycles. The van der Waals surface area contributed by atoms with E-state index in [1.807, 2.05) is 18.2 Å². The van der Waals surface area contributed by atoms with Gasteiger partial charge in [0.1, 0.15) is 5.82 Å². The van der Waals surface area contributed by atoms with Crippen molar-refractivity contribution in [2.45, 2.75) is 12.5 Å². The summed E-state index contributed by atoms with van der Waals surface area (Å²) in [6, 6.07) is 10.6. The summed E-state index contributed by atoms with van der Waals surface area (Å²) in [5.41, 5.74) is 4.33. The zero-order valence-electron chi connectivity index (χ0n) is 10.3. The highest BCUT2D eigenvalue weighted by atomic mass is 79.9. The normalized spacial score (nSPS) is 12.4. The predicted molar refractivity (Wildman–Crippen MR) is 89.7 cm³/mol. The van der Waals surface area contributed by atoms with Gasteiger partial charge >= 0.3 is 0 Å².